The molecule has 51 heavy (non-hydrogen) atoms. The summed E-state index contributed by atoms with van der Waals surface area (Å²) >= 11 is 0. The van der Waals surface area contributed by atoms with Crippen LogP contribution in [0.5, 0.6) is 11.8 Å². The van der Waals surface area contributed by atoms with Crippen molar-refractivity contribution in [2.45, 2.75) is 205 Å². The summed E-state index contributed by atoms with van der Waals surface area (Å²) in [5.74, 6) is -2.37. The first kappa shape index (κ1) is 46.4. The van der Waals surface area contributed by atoms with E-state index in [1.54, 1.807) is 0 Å². The van der Waals surface area contributed by atoms with Crippen LogP contribution < -0.4 is 4.84 Å². The van der Waals surface area contributed by atoms with Gasteiger partial charge in [0.2, 0.25) is 11.8 Å². The van der Waals surface area contributed by atoms with Gasteiger partial charge >= 0.3 is 0 Å². The molecule has 294 valence electrons. The average molecular weight is 718 g/mol. The van der Waals surface area contributed by atoms with Gasteiger partial charge in [-0.25, -0.2) is 0 Å². The Labute approximate surface area is 310 Å². The minimum Gasteiger partial charge on any atom is -0.492 e. The van der Waals surface area contributed by atoms with Gasteiger partial charge in [-0.1, -0.05) is 141 Å². The SMILES string of the molecule is CCCCCCCCC=CCCCCCCCC(=O)C(On1c(O)ccc1O)(C(=O)CCCCCCCC=CCCCCCCCC)C(O)CO. The van der Waals surface area contributed by atoms with Crippen LogP contribution in [0.2, 0.25) is 0 Å². The zero-order valence-corrected chi connectivity index (χ0v) is 32.5. The summed E-state index contributed by atoms with van der Waals surface area (Å²) in [4.78, 5) is 33.2. The molecule has 1 aromatic heterocycles. The second-order valence-electron chi connectivity index (χ2n) is 14.4. The Kier molecular flexibility index (Phi) is 28.2. The van der Waals surface area contributed by atoms with Crippen LogP contribution in [0.4, 0.5) is 0 Å². The third-order valence-corrected chi connectivity index (χ3v) is 9.83. The van der Waals surface area contributed by atoms with Crippen molar-refractivity contribution in [3.63, 3.8) is 0 Å². The quantitative estimate of drug-likeness (QED) is 0.0309. The number of hydrogen-bond donors (Lipinski definition) is 4. The molecule has 0 saturated carbocycles. The van der Waals surface area contributed by atoms with Gasteiger partial charge in [0.15, 0.2) is 11.6 Å². The molecule has 8 heteroatoms. The first-order chi connectivity index (χ1) is 24.8. The number of aromatic nitrogens is 1. The van der Waals surface area contributed by atoms with Crippen molar-refractivity contribution in [3.8, 4) is 11.8 Å². The topological polar surface area (TPSA) is 129 Å². The fourth-order valence-corrected chi connectivity index (χ4v) is 6.54. The van der Waals surface area contributed by atoms with Crippen molar-refractivity contribution in [1.82, 2.24) is 4.73 Å². The first-order valence-corrected chi connectivity index (χ1v) is 20.8. The van der Waals surface area contributed by atoms with Gasteiger partial charge in [-0.05, 0) is 64.2 Å². The van der Waals surface area contributed by atoms with Gasteiger partial charge in [0.1, 0.15) is 6.10 Å². The summed E-state index contributed by atoms with van der Waals surface area (Å²) in [5.41, 5.74) is -2.44. The Morgan fingerprint density at radius 1 is 0.588 bits per heavy atom. The van der Waals surface area contributed by atoms with E-state index in [4.69, 9.17) is 4.84 Å². The molecular weight excluding hydrogens is 642 g/mol. The molecule has 0 aromatic carbocycles. The summed E-state index contributed by atoms with van der Waals surface area (Å²) < 4.78 is 0.578. The molecule has 8 nitrogen and oxygen atoms in total. The molecule has 0 amide bonds. The number of carbonyl (C=O) groups is 2. The van der Waals surface area contributed by atoms with Crippen LogP contribution in [-0.2, 0) is 9.59 Å². The molecule has 1 unspecified atom stereocenters. The first-order valence-electron chi connectivity index (χ1n) is 20.8. The predicted molar refractivity (Wildman–Crippen MR) is 209 cm³/mol. The van der Waals surface area contributed by atoms with Crippen LogP contribution >= 0.6 is 0 Å². The Bertz CT molecular complexity index is 991. The van der Waals surface area contributed by atoms with Crippen LogP contribution in [0.15, 0.2) is 36.4 Å². The van der Waals surface area contributed by atoms with Crippen LogP contribution in [0.1, 0.15) is 194 Å². The van der Waals surface area contributed by atoms with E-state index in [-0.39, 0.29) is 12.8 Å². The highest BCUT2D eigenvalue weighted by Crippen LogP contribution is 2.29. The molecule has 0 fully saturated rings. The molecule has 0 bridgehead atoms. The molecule has 0 spiro atoms. The van der Waals surface area contributed by atoms with E-state index in [1.807, 2.05) is 0 Å². The van der Waals surface area contributed by atoms with Crippen LogP contribution in [-0.4, -0.2) is 55.0 Å². The zero-order chi connectivity index (χ0) is 37.4. The van der Waals surface area contributed by atoms with E-state index in [0.717, 1.165) is 89.2 Å². The van der Waals surface area contributed by atoms with Crippen molar-refractivity contribution in [3.05, 3.63) is 36.4 Å². The molecule has 4 N–H and O–H groups in total. The summed E-state index contributed by atoms with van der Waals surface area (Å²) in [6.07, 6.45) is 36.0. The number of aliphatic hydroxyl groups is 2. The second-order valence-corrected chi connectivity index (χ2v) is 14.4. The minimum atomic E-state index is -2.44. The van der Waals surface area contributed by atoms with Gasteiger partial charge in [0.25, 0.3) is 5.60 Å². The highest BCUT2D eigenvalue weighted by Gasteiger charge is 2.54. The van der Waals surface area contributed by atoms with Gasteiger partial charge < -0.3 is 25.3 Å². The van der Waals surface area contributed by atoms with Crippen LogP contribution in [0, 0.1) is 0 Å². The largest absolute Gasteiger partial charge is 0.492 e. The maximum atomic E-state index is 13.7. The van der Waals surface area contributed by atoms with Crippen molar-refractivity contribution >= 4 is 11.6 Å². The fourth-order valence-electron chi connectivity index (χ4n) is 6.54. The smallest absolute Gasteiger partial charge is 0.278 e. The van der Waals surface area contributed by atoms with Crippen LogP contribution in [0.3, 0.4) is 0 Å². The van der Waals surface area contributed by atoms with E-state index in [9.17, 15) is 30.0 Å². The van der Waals surface area contributed by atoms with Crippen molar-refractivity contribution in [2.24, 2.45) is 0 Å². The van der Waals surface area contributed by atoms with E-state index in [0.29, 0.717) is 17.6 Å². The highest BCUT2D eigenvalue weighted by molar-refractivity contribution is 6.11. The Morgan fingerprint density at radius 2 is 0.902 bits per heavy atom. The van der Waals surface area contributed by atoms with E-state index in [1.165, 1.54) is 77.0 Å². The number of aromatic hydroxyl groups is 2. The molecule has 0 aliphatic carbocycles. The second kappa shape index (κ2) is 31.0. The molecular formula is C43H75NO7. The number of ketones is 2. The van der Waals surface area contributed by atoms with Gasteiger partial charge in [-0.15, -0.1) is 4.73 Å². The summed E-state index contributed by atoms with van der Waals surface area (Å²) in [7, 11) is 0. The maximum Gasteiger partial charge on any atom is 0.278 e. The Balaban J connectivity index is 2.54. The molecule has 1 aromatic rings. The minimum absolute atomic E-state index is 0.0316. The number of rotatable bonds is 36. The van der Waals surface area contributed by atoms with E-state index >= 15 is 0 Å². The van der Waals surface area contributed by atoms with E-state index < -0.39 is 41.6 Å². The third-order valence-electron chi connectivity index (χ3n) is 9.83. The summed E-state index contributed by atoms with van der Waals surface area (Å²) in [6, 6.07) is 2.32. The number of nitrogens with zero attached hydrogens (tertiary/aromatic N) is 1. The monoisotopic (exact) mass is 718 g/mol. The fraction of sp³-hybridized carbons (Fsp3) is 0.767. The Morgan fingerprint density at radius 3 is 1.24 bits per heavy atom. The number of allylic oxidation sites excluding steroid dienone is 4. The number of carbonyl (C=O) groups excluding carboxylic acids is 2. The average Bonchev–Trinajstić information content (AvgIpc) is 3.45. The number of unbranched alkanes of at least 4 members (excludes halogenated alkanes) is 22. The molecule has 1 rings (SSSR count). The van der Waals surface area contributed by atoms with Crippen LogP contribution in [0.25, 0.3) is 0 Å². The normalized spacial score (nSPS) is 13.6. The highest BCUT2D eigenvalue weighted by atomic mass is 16.7. The maximum absolute atomic E-state index is 13.7. The summed E-state index contributed by atoms with van der Waals surface area (Å²) in [6.45, 7) is 3.59. The lowest BCUT2D eigenvalue weighted by molar-refractivity contribution is -0.180. The lowest BCUT2D eigenvalue weighted by atomic mass is 9.82. The standard InChI is InChI=1S/C43H75NO7/c1-3-5-7-9-11-13-15-17-19-21-23-25-27-29-31-33-38(46)43(40(48)37-45,51-44-41(49)35-36-42(44)50)39(47)34-32-30-28-26-24-22-20-18-16-14-12-10-8-6-4-2/h17-20,35-36,40,45,48-50H,3-16,21-34,37H2,1-2H3. The molecule has 0 aliphatic rings. The third kappa shape index (κ3) is 20.3. The molecule has 1 heterocycles. The van der Waals surface area contributed by atoms with Gasteiger partial charge in [-0.2, -0.15) is 0 Å². The molecule has 0 radical (unpaired) electrons. The lowest BCUT2D eigenvalue weighted by Gasteiger charge is -2.34. The van der Waals surface area contributed by atoms with Gasteiger partial charge in [0.05, 0.1) is 6.61 Å². The number of hydrogen-bond acceptors (Lipinski definition) is 7. The predicted octanol–water partition coefficient (Wildman–Crippen LogP) is 10.6. The number of Topliss-reactive ketones (excluding diaryl/α,β-unsaturated/α-hetero) is 2. The molecule has 0 aliphatic heterocycles. The number of aliphatic hydroxyl groups excluding tert-OH is 2. The Hall–Kier alpha value is -2.58. The van der Waals surface area contributed by atoms with Crippen molar-refractivity contribution in [1.29, 1.82) is 0 Å². The van der Waals surface area contributed by atoms with Crippen molar-refractivity contribution < 1.29 is 34.9 Å². The van der Waals surface area contributed by atoms with Gasteiger partial charge in [-0.3, -0.25) is 9.59 Å². The summed E-state index contributed by atoms with van der Waals surface area (Å²) in [5, 5.41) is 41.4. The van der Waals surface area contributed by atoms with Crippen molar-refractivity contribution in [2.75, 3.05) is 6.61 Å². The molecule has 1 atom stereocenters. The zero-order valence-electron chi connectivity index (χ0n) is 32.5. The molecule has 0 saturated heterocycles. The lowest BCUT2D eigenvalue weighted by Crippen LogP contribution is -2.63. The van der Waals surface area contributed by atoms with Gasteiger partial charge in [0, 0.05) is 25.0 Å². The van der Waals surface area contributed by atoms with E-state index in [2.05, 4.69) is 38.2 Å².